The van der Waals surface area contributed by atoms with E-state index in [0.29, 0.717) is 4.47 Å². The van der Waals surface area contributed by atoms with E-state index in [1.165, 1.54) is 12.1 Å². The van der Waals surface area contributed by atoms with E-state index in [9.17, 15) is 14.0 Å². The molecule has 2 aromatic rings. The Kier molecular flexibility index (Phi) is 2.74. The van der Waals surface area contributed by atoms with Crippen LogP contribution in [0.25, 0.3) is 5.69 Å². The largest absolute Gasteiger partial charge is 0.270 e. The molecule has 0 fully saturated rings. The Hall–Kier alpha value is -1.69. The minimum Gasteiger partial charge on any atom is -0.268 e. The highest BCUT2D eigenvalue weighted by Crippen LogP contribution is 2.16. The SMILES string of the molecule is O=c1ccc(=O)n(-c2ccc(Br)cc2F)[nH]1. The van der Waals surface area contributed by atoms with Crippen molar-refractivity contribution in [1.29, 1.82) is 0 Å². The predicted octanol–water partition coefficient (Wildman–Crippen LogP) is 1.43. The molecule has 0 atom stereocenters. The summed E-state index contributed by atoms with van der Waals surface area (Å²) in [4.78, 5) is 22.5. The lowest BCUT2D eigenvalue weighted by atomic mass is 10.3. The maximum absolute atomic E-state index is 13.5. The number of nitrogens with one attached hydrogen (secondary N) is 1. The highest BCUT2D eigenvalue weighted by atomic mass is 79.9. The molecule has 82 valence electrons. The van der Waals surface area contributed by atoms with Crippen LogP contribution >= 0.6 is 15.9 Å². The summed E-state index contributed by atoms with van der Waals surface area (Å²) in [5, 5.41) is 2.25. The molecule has 0 unspecified atom stereocenters. The first-order chi connectivity index (χ1) is 7.58. The molecule has 1 aromatic heterocycles. The van der Waals surface area contributed by atoms with Gasteiger partial charge in [0.25, 0.3) is 11.1 Å². The molecular weight excluding hydrogens is 279 g/mol. The molecule has 0 saturated carbocycles. The van der Waals surface area contributed by atoms with Crippen LogP contribution in [0, 0.1) is 5.82 Å². The van der Waals surface area contributed by atoms with E-state index in [0.717, 1.165) is 16.8 Å². The molecule has 0 saturated heterocycles. The van der Waals surface area contributed by atoms with E-state index in [-0.39, 0.29) is 5.69 Å². The van der Waals surface area contributed by atoms with Gasteiger partial charge in [-0.25, -0.2) is 9.07 Å². The highest BCUT2D eigenvalue weighted by Gasteiger charge is 2.06. The van der Waals surface area contributed by atoms with Crippen LogP contribution in [-0.2, 0) is 0 Å². The van der Waals surface area contributed by atoms with Crippen LogP contribution in [0.5, 0.6) is 0 Å². The van der Waals surface area contributed by atoms with Gasteiger partial charge in [-0.3, -0.25) is 14.7 Å². The van der Waals surface area contributed by atoms with Crippen LogP contribution in [0.3, 0.4) is 0 Å². The van der Waals surface area contributed by atoms with Gasteiger partial charge in [0.1, 0.15) is 11.5 Å². The standard InChI is InChI=1S/C10H6BrFN2O2/c11-6-1-2-8(7(12)5-6)14-10(16)4-3-9(15)13-14/h1-5H,(H,13,15). The maximum atomic E-state index is 13.5. The molecule has 0 aliphatic heterocycles. The summed E-state index contributed by atoms with van der Waals surface area (Å²) in [5.74, 6) is -0.599. The van der Waals surface area contributed by atoms with Gasteiger partial charge in [-0.05, 0) is 18.2 Å². The normalized spacial score (nSPS) is 10.4. The molecule has 1 heterocycles. The van der Waals surface area contributed by atoms with Crippen molar-refractivity contribution in [3.8, 4) is 5.69 Å². The lowest BCUT2D eigenvalue weighted by molar-refractivity contribution is 0.603. The second-order valence-electron chi connectivity index (χ2n) is 3.08. The first-order valence-corrected chi connectivity index (χ1v) is 5.15. The Labute approximate surface area is 97.5 Å². The Morgan fingerprint density at radius 2 is 1.94 bits per heavy atom. The van der Waals surface area contributed by atoms with Crippen molar-refractivity contribution >= 4 is 15.9 Å². The third-order valence-corrected chi connectivity index (χ3v) is 2.46. The maximum Gasteiger partial charge on any atom is 0.270 e. The zero-order valence-electron chi connectivity index (χ0n) is 7.91. The first kappa shape index (κ1) is 10.8. The molecule has 1 aromatic carbocycles. The van der Waals surface area contributed by atoms with Crippen LogP contribution in [0.1, 0.15) is 0 Å². The quantitative estimate of drug-likeness (QED) is 0.861. The number of aromatic amines is 1. The summed E-state index contributed by atoms with van der Waals surface area (Å²) in [6.45, 7) is 0. The van der Waals surface area contributed by atoms with E-state index in [4.69, 9.17) is 0 Å². The summed E-state index contributed by atoms with van der Waals surface area (Å²) in [5.41, 5.74) is -0.964. The average Bonchev–Trinajstić information content (AvgIpc) is 2.22. The lowest BCUT2D eigenvalue weighted by Crippen LogP contribution is -2.27. The summed E-state index contributed by atoms with van der Waals surface area (Å²) in [6, 6.07) is 6.37. The predicted molar refractivity (Wildman–Crippen MR) is 60.3 cm³/mol. The van der Waals surface area contributed by atoms with E-state index in [2.05, 4.69) is 21.0 Å². The van der Waals surface area contributed by atoms with Crippen LogP contribution in [0.4, 0.5) is 4.39 Å². The molecule has 6 heteroatoms. The Balaban J connectivity index is 2.72. The molecule has 16 heavy (non-hydrogen) atoms. The fraction of sp³-hybridized carbons (Fsp3) is 0. The molecule has 0 radical (unpaired) electrons. The first-order valence-electron chi connectivity index (χ1n) is 4.36. The molecule has 0 spiro atoms. The van der Waals surface area contributed by atoms with E-state index in [1.807, 2.05) is 0 Å². The number of nitrogens with zero attached hydrogens (tertiary/aromatic N) is 1. The second kappa shape index (κ2) is 4.05. The van der Waals surface area contributed by atoms with Crippen LogP contribution in [0.15, 0.2) is 44.4 Å². The van der Waals surface area contributed by atoms with Crippen LogP contribution in [-0.4, -0.2) is 9.78 Å². The minimum absolute atomic E-state index is 0.00546. The molecule has 0 aliphatic carbocycles. The number of halogens is 2. The zero-order valence-corrected chi connectivity index (χ0v) is 9.49. The fourth-order valence-electron chi connectivity index (χ4n) is 1.27. The molecule has 4 nitrogen and oxygen atoms in total. The summed E-state index contributed by atoms with van der Waals surface area (Å²) >= 11 is 3.10. The topological polar surface area (TPSA) is 54.9 Å². The number of hydrogen-bond donors (Lipinski definition) is 1. The van der Waals surface area contributed by atoms with Gasteiger partial charge >= 0.3 is 0 Å². The second-order valence-corrected chi connectivity index (χ2v) is 3.99. The fourth-order valence-corrected chi connectivity index (χ4v) is 1.60. The molecule has 0 bridgehead atoms. The molecule has 0 aliphatic rings. The minimum atomic E-state index is -0.599. The van der Waals surface area contributed by atoms with Crippen molar-refractivity contribution < 1.29 is 4.39 Å². The Morgan fingerprint density at radius 3 is 2.62 bits per heavy atom. The molecule has 1 N–H and O–H groups in total. The number of H-pyrrole nitrogens is 1. The summed E-state index contributed by atoms with van der Waals surface area (Å²) in [6.07, 6.45) is 0. The van der Waals surface area contributed by atoms with Crippen LogP contribution < -0.4 is 11.1 Å². The third kappa shape index (κ3) is 1.96. The Morgan fingerprint density at radius 1 is 1.19 bits per heavy atom. The van der Waals surface area contributed by atoms with Gasteiger partial charge in [-0.1, -0.05) is 15.9 Å². The van der Waals surface area contributed by atoms with E-state index < -0.39 is 16.9 Å². The van der Waals surface area contributed by atoms with E-state index >= 15 is 0 Å². The summed E-state index contributed by atoms with van der Waals surface area (Å²) < 4.78 is 15.0. The van der Waals surface area contributed by atoms with Gasteiger partial charge in [0.05, 0.1) is 0 Å². The van der Waals surface area contributed by atoms with E-state index in [1.54, 1.807) is 6.07 Å². The molecule has 2 rings (SSSR count). The zero-order chi connectivity index (χ0) is 11.7. The number of rotatable bonds is 1. The number of hydrogen-bond acceptors (Lipinski definition) is 2. The van der Waals surface area contributed by atoms with Crippen molar-refractivity contribution in [2.45, 2.75) is 0 Å². The van der Waals surface area contributed by atoms with Gasteiger partial charge < -0.3 is 0 Å². The van der Waals surface area contributed by atoms with Crippen molar-refractivity contribution in [1.82, 2.24) is 9.78 Å². The van der Waals surface area contributed by atoms with Crippen molar-refractivity contribution in [2.75, 3.05) is 0 Å². The average molecular weight is 285 g/mol. The van der Waals surface area contributed by atoms with Crippen LogP contribution in [0.2, 0.25) is 0 Å². The van der Waals surface area contributed by atoms with Gasteiger partial charge in [0, 0.05) is 16.6 Å². The van der Waals surface area contributed by atoms with Crippen molar-refractivity contribution in [3.05, 3.63) is 61.3 Å². The Bertz CT molecular complexity index is 648. The van der Waals surface area contributed by atoms with Gasteiger partial charge in [0.15, 0.2) is 0 Å². The third-order valence-electron chi connectivity index (χ3n) is 1.97. The van der Waals surface area contributed by atoms with Gasteiger partial charge in [-0.15, -0.1) is 0 Å². The van der Waals surface area contributed by atoms with Gasteiger partial charge in [-0.2, -0.15) is 0 Å². The van der Waals surface area contributed by atoms with Gasteiger partial charge in [0.2, 0.25) is 0 Å². The molecule has 0 amide bonds. The lowest BCUT2D eigenvalue weighted by Gasteiger charge is -2.05. The monoisotopic (exact) mass is 284 g/mol. The van der Waals surface area contributed by atoms with Crippen molar-refractivity contribution in [2.24, 2.45) is 0 Å². The smallest absolute Gasteiger partial charge is 0.268 e. The number of benzene rings is 1. The number of aromatic nitrogens is 2. The summed E-state index contributed by atoms with van der Waals surface area (Å²) in [7, 11) is 0. The molecular formula is C10H6BrFN2O2. The van der Waals surface area contributed by atoms with Crippen molar-refractivity contribution in [3.63, 3.8) is 0 Å². The highest BCUT2D eigenvalue weighted by molar-refractivity contribution is 9.10.